The number of ether oxygens (including phenoxy) is 2. The van der Waals surface area contributed by atoms with Gasteiger partial charge in [0.1, 0.15) is 24.4 Å². The molecule has 1 heterocycles. The monoisotopic (exact) mass is 348 g/mol. The largest absolute Gasteiger partial charge is 0.394 e. The second kappa shape index (κ2) is 11.3. The molecule has 1 aromatic rings. The van der Waals surface area contributed by atoms with Crippen molar-refractivity contribution in [2.75, 3.05) is 26.4 Å². The van der Waals surface area contributed by atoms with E-state index in [9.17, 15) is 20.4 Å². The molecule has 4 unspecified atom stereocenters. The third-order valence-corrected chi connectivity index (χ3v) is 3.07. The molecule has 0 spiro atoms. The van der Waals surface area contributed by atoms with Crippen LogP contribution in [0.5, 0.6) is 0 Å². The van der Waals surface area contributed by atoms with Crippen molar-refractivity contribution in [3.8, 4) is 0 Å². The maximum absolute atomic E-state index is 9.43. The summed E-state index contributed by atoms with van der Waals surface area (Å²) in [5, 5.41) is 54.6. The Hall–Kier alpha value is -1.24. The summed E-state index contributed by atoms with van der Waals surface area (Å²) in [6.07, 6.45) is -2.01. The normalized spacial score (nSPS) is 16.6. The number of aromatic nitrogens is 2. The van der Waals surface area contributed by atoms with Gasteiger partial charge in [0.15, 0.2) is 0 Å². The Labute approximate surface area is 139 Å². The highest BCUT2D eigenvalue weighted by Gasteiger charge is 2.16. The first kappa shape index (κ1) is 20.8. The Bertz CT molecular complexity index is 427. The van der Waals surface area contributed by atoms with E-state index in [1.165, 1.54) is 12.4 Å². The van der Waals surface area contributed by atoms with Gasteiger partial charge in [-0.25, -0.2) is 4.98 Å². The Kier molecular flexibility index (Phi) is 9.83. The number of hydrogen-bond acceptors (Lipinski definition) is 10. The SMILES string of the molecule is OCC(O)C(O)COCc1cncc(COCC(O)C(O)CO)n1. The van der Waals surface area contributed by atoms with Gasteiger partial charge >= 0.3 is 0 Å². The van der Waals surface area contributed by atoms with E-state index >= 15 is 0 Å². The Morgan fingerprint density at radius 3 is 1.54 bits per heavy atom. The first-order chi connectivity index (χ1) is 11.5. The molecule has 0 fully saturated rings. The van der Waals surface area contributed by atoms with E-state index in [0.717, 1.165) is 0 Å². The minimum absolute atomic E-state index is 0.0436. The molecule has 0 aliphatic heterocycles. The van der Waals surface area contributed by atoms with Crippen molar-refractivity contribution in [1.82, 2.24) is 9.97 Å². The quantitative estimate of drug-likeness (QED) is 0.228. The van der Waals surface area contributed by atoms with Crippen LogP contribution in [0.2, 0.25) is 0 Å². The summed E-state index contributed by atoms with van der Waals surface area (Å²) < 4.78 is 10.4. The lowest BCUT2D eigenvalue weighted by molar-refractivity contribution is -0.0616. The minimum Gasteiger partial charge on any atom is -0.394 e. The zero-order valence-electron chi connectivity index (χ0n) is 13.1. The van der Waals surface area contributed by atoms with Gasteiger partial charge in [-0.2, -0.15) is 0 Å². The molecule has 0 amide bonds. The molecular formula is C14H24N2O8. The van der Waals surface area contributed by atoms with Gasteiger partial charge in [0.05, 0.1) is 63.4 Å². The van der Waals surface area contributed by atoms with Crippen LogP contribution in [0.1, 0.15) is 11.4 Å². The molecule has 1 rings (SSSR count). The van der Waals surface area contributed by atoms with Gasteiger partial charge in [0, 0.05) is 0 Å². The molecule has 0 aliphatic rings. The zero-order valence-corrected chi connectivity index (χ0v) is 13.1. The lowest BCUT2D eigenvalue weighted by Gasteiger charge is -2.16. The Morgan fingerprint density at radius 2 is 1.17 bits per heavy atom. The summed E-state index contributed by atoms with van der Waals surface area (Å²) in [7, 11) is 0. The molecule has 10 nitrogen and oxygen atoms in total. The van der Waals surface area contributed by atoms with Gasteiger partial charge < -0.3 is 40.1 Å². The van der Waals surface area contributed by atoms with Crippen LogP contribution in [0.25, 0.3) is 0 Å². The summed E-state index contributed by atoms with van der Waals surface area (Å²) in [5.74, 6) is 0. The summed E-state index contributed by atoms with van der Waals surface area (Å²) in [6.45, 7) is -1.38. The topological polar surface area (TPSA) is 166 Å². The first-order valence-electron chi connectivity index (χ1n) is 7.37. The van der Waals surface area contributed by atoms with E-state index in [1.54, 1.807) is 0 Å². The first-order valence-corrected chi connectivity index (χ1v) is 7.37. The standard InChI is InChI=1S/C14H24N2O8/c17-3-11(19)13(21)7-23-5-9-1-15-2-10(16-9)6-24-8-14(22)12(20)4-18/h1-2,11-14,17-22H,3-8H2. The molecule has 138 valence electrons. The third kappa shape index (κ3) is 7.55. The van der Waals surface area contributed by atoms with Crippen LogP contribution >= 0.6 is 0 Å². The van der Waals surface area contributed by atoms with Crippen LogP contribution in [0.4, 0.5) is 0 Å². The zero-order chi connectivity index (χ0) is 17.9. The predicted molar refractivity (Wildman–Crippen MR) is 79.5 cm³/mol. The molecule has 4 atom stereocenters. The second-order valence-electron chi connectivity index (χ2n) is 5.17. The van der Waals surface area contributed by atoms with Crippen molar-refractivity contribution in [1.29, 1.82) is 0 Å². The number of aliphatic hydroxyl groups is 6. The van der Waals surface area contributed by atoms with Crippen molar-refractivity contribution >= 4 is 0 Å². The van der Waals surface area contributed by atoms with E-state index in [1.807, 2.05) is 0 Å². The molecule has 10 heteroatoms. The van der Waals surface area contributed by atoms with Gasteiger partial charge in [-0.15, -0.1) is 0 Å². The summed E-state index contributed by atoms with van der Waals surface area (Å²) in [4.78, 5) is 8.15. The fourth-order valence-electron chi connectivity index (χ4n) is 1.62. The van der Waals surface area contributed by atoms with Gasteiger partial charge in [0.25, 0.3) is 0 Å². The number of hydrogen-bond donors (Lipinski definition) is 6. The van der Waals surface area contributed by atoms with Gasteiger partial charge in [-0.3, -0.25) is 4.98 Å². The summed E-state index contributed by atoms with van der Waals surface area (Å²) in [5.41, 5.74) is 0.940. The maximum atomic E-state index is 9.43. The Balaban J connectivity index is 2.35. The van der Waals surface area contributed by atoms with Crippen molar-refractivity contribution in [3.05, 3.63) is 23.8 Å². The minimum atomic E-state index is -1.27. The molecular weight excluding hydrogens is 324 g/mol. The van der Waals surface area contributed by atoms with Crippen LogP contribution in [-0.2, 0) is 22.7 Å². The Morgan fingerprint density at radius 1 is 0.750 bits per heavy atom. The molecule has 6 N–H and O–H groups in total. The summed E-state index contributed by atoms with van der Waals surface area (Å²) in [6, 6.07) is 0. The highest BCUT2D eigenvalue weighted by molar-refractivity contribution is 5.01. The number of aliphatic hydroxyl groups excluding tert-OH is 6. The van der Waals surface area contributed by atoms with Gasteiger partial charge in [-0.05, 0) is 0 Å². The van der Waals surface area contributed by atoms with Crippen molar-refractivity contribution in [3.63, 3.8) is 0 Å². The van der Waals surface area contributed by atoms with Crippen LogP contribution in [0.15, 0.2) is 12.4 Å². The molecule has 0 radical (unpaired) electrons. The maximum Gasteiger partial charge on any atom is 0.105 e. The molecule has 0 aromatic carbocycles. The van der Waals surface area contributed by atoms with Crippen molar-refractivity contribution in [2.24, 2.45) is 0 Å². The highest BCUT2D eigenvalue weighted by Crippen LogP contribution is 2.03. The lowest BCUT2D eigenvalue weighted by atomic mass is 10.2. The molecule has 0 saturated heterocycles. The fraction of sp³-hybridized carbons (Fsp3) is 0.714. The molecule has 24 heavy (non-hydrogen) atoms. The van der Waals surface area contributed by atoms with Crippen LogP contribution in [0.3, 0.4) is 0 Å². The van der Waals surface area contributed by atoms with Crippen LogP contribution < -0.4 is 0 Å². The summed E-state index contributed by atoms with van der Waals surface area (Å²) >= 11 is 0. The average molecular weight is 348 g/mol. The van der Waals surface area contributed by atoms with Gasteiger partial charge in [-0.1, -0.05) is 0 Å². The predicted octanol–water partition coefficient (Wildman–Crippen LogP) is -3.06. The van der Waals surface area contributed by atoms with E-state index in [0.29, 0.717) is 11.4 Å². The van der Waals surface area contributed by atoms with E-state index < -0.39 is 37.6 Å². The van der Waals surface area contributed by atoms with Crippen LogP contribution in [-0.4, -0.2) is 91.5 Å². The van der Waals surface area contributed by atoms with Crippen LogP contribution in [0, 0.1) is 0 Å². The van der Waals surface area contributed by atoms with Crippen molar-refractivity contribution < 1.29 is 40.1 Å². The lowest BCUT2D eigenvalue weighted by Crippen LogP contribution is -2.33. The molecule has 0 bridgehead atoms. The average Bonchev–Trinajstić information content (AvgIpc) is 2.60. The second-order valence-corrected chi connectivity index (χ2v) is 5.17. The third-order valence-electron chi connectivity index (χ3n) is 3.07. The van der Waals surface area contributed by atoms with E-state index in [-0.39, 0.29) is 26.4 Å². The number of nitrogens with zero attached hydrogens (tertiary/aromatic N) is 2. The fourth-order valence-corrected chi connectivity index (χ4v) is 1.62. The van der Waals surface area contributed by atoms with Gasteiger partial charge in [0.2, 0.25) is 0 Å². The molecule has 0 aliphatic carbocycles. The van der Waals surface area contributed by atoms with E-state index in [2.05, 4.69) is 9.97 Å². The smallest absolute Gasteiger partial charge is 0.105 e. The molecule has 1 aromatic heterocycles. The van der Waals surface area contributed by atoms with Crippen molar-refractivity contribution in [2.45, 2.75) is 37.6 Å². The number of rotatable bonds is 12. The highest BCUT2D eigenvalue weighted by atomic mass is 16.5. The molecule has 0 saturated carbocycles. The van der Waals surface area contributed by atoms with E-state index in [4.69, 9.17) is 19.7 Å².